The molecule has 1 saturated heterocycles. The van der Waals surface area contributed by atoms with Crippen LogP contribution in [0.2, 0.25) is 0 Å². The van der Waals surface area contributed by atoms with E-state index >= 15 is 0 Å². The molecule has 1 aliphatic rings. The Morgan fingerprint density at radius 3 is 3.23 bits per heavy atom. The highest BCUT2D eigenvalue weighted by molar-refractivity contribution is 7.07. The summed E-state index contributed by atoms with van der Waals surface area (Å²) in [7, 11) is 0. The summed E-state index contributed by atoms with van der Waals surface area (Å²) in [6.45, 7) is 3.09. The van der Waals surface area contributed by atoms with Gasteiger partial charge in [-0.2, -0.15) is 16.4 Å². The number of carbonyl (C=O) groups is 1. The van der Waals surface area contributed by atoms with Crippen molar-refractivity contribution in [2.45, 2.75) is 31.8 Å². The van der Waals surface area contributed by atoms with Crippen LogP contribution in [0.25, 0.3) is 0 Å². The first-order valence-corrected chi connectivity index (χ1v) is 8.75. The lowest BCUT2D eigenvalue weighted by Gasteiger charge is -2.23. The van der Waals surface area contributed by atoms with Gasteiger partial charge in [0.2, 0.25) is 5.91 Å². The second-order valence-electron chi connectivity index (χ2n) is 5.73. The van der Waals surface area contributed by atoms with Gasteiger partial charge in [0, 0.05) is 25.0 Å². The van der Waals surface area contributed by atoms with Gasteiger partial charge in [-0.25, -0.2) is 0 Å². The summed E-state index contributed by atoms with van der Waals surface area (Å²) < 4.78 is 1.96. The first-order chi connectivity index (χ1) is 10.8. The molecule has 0 saturated carbocycles. The molecule has 1 fully saturated rings. The fraction of sp³-hybridized carbons (Fsp3) is 0.500. The summed E-state index contributed by atoms with van der Waals surface area (Å²) in [6.07, 6.45) is 7.00. The van der Waals surface area contributed by atoms with E-state index in [9.17, 15) is 4.79 Å². The van der Waals surface area contributed by atoms with E-state index in [1.165, 1.54) is 5.56 Å². The molecule has 3 heterocycles. The zero-order valence-corrected chi connectivity index (χ0v) is 13.5. The first-order valence-electron chi connectivity index (χ1n) is 7.80. The molecule has 0 aromatic carbocycles. The number of rotatable bonds is 7. The molecule has 0 bridgehead atoms. The smallest absolute Gasteiger partial charge is 0.234 e. The molecule has 1 amide bonds. The summed E-state index contributed by atoms with van der Waals surface area (Å²) in [5.41, 5.74) is 1.29. The van der Waals surface area contributed by atoms with Crippen LogP contribution in [0.15, 0.2) is 35.3 Å². The van der Waals surface area contributed by atoms with Crippen molar-refractivity contribution in [2.75, 3.05) is 19.6 Å². The lowest BCUT2D eigenvalue weighted by atomic mass is 10.2. The molecule has 2 aromatic rings. The fourth-order valence-electron chi connectivity index (χ4n) is 2.96. The Morgan fingerprint density at radius 1 is 1.50 bits per heavy atom. The maximum Gasteiger partial charge on any atom is 0.234 e. The molecule has 22 heavy (non-hydrogen) atoms. The van der Waals surface area contributed by atoms with Gasteiger partial charge in [-0.1, -0.05) is 0 Å². The predicted octanol–water partition coefficient (Wildman–Crippen LogP) is 1.77. The minimum Gasteiger partial charge on any atom is -0.355 e. The van der Waals surface area contributed by atoms with E-state index in [1.807, 2.05) is 16.9 Å². The maximum absolute atomic E-state index is 12.1. The van der Waals surface area contributed by atoms with Crippen LogP contribution in [0, 0.1) is 0 Å². The zero-order valence-electron chi connectivity index (χ0n) is 12.6. The Morgan fingerprint density at radius 2 is 2.45 bits per heavy atom. The molecule has 2 aromatic heterocycles. The van der Waals surface area contributed by atoms with E-state index in [1.54, 1.807) is 17.5 Å². The van der Waals surface area contributed by atoms with Gasteiger partial charge in [0.25, 0.3) is 0 Å². The third-order valence-corrected chi connectivity index (χ3v) is 4.85. The molecule has 0 radical (unpaired) electrons. The molecule has 3 rings (SSSR count). The van der Waals surface area contributed by atoms with Crippen molar-refractivity contribution in [1.29, 1.82) is 0 Å². The molecule has 0 spiro atoms. The van der Waals surface area contributed by atoms with E-state index in [2.05, 4.69) is 32.1 Å². The van der Waals surface area contributed by atoms with E-state index in [0.717, 1.165) is 32.4 Å². The molecule has 1 atom stereocenters. The molecule has 1 aliphatic heterocycles. The van der Waals surface area contributed by atoms with Crippen LogP contribution in [-0.4, -0.2) is 46.3 Å². The number of hydrogen-bond acceptors (Lipinski definition) is 4. The van der Waals surface area contributed by atoms with Crippen molar-refractivity contribution >= 4 is 17.2 Å². The van der Waals surface area contributed by atoms with Crippen LogP contribution in [0.5, 0.6) is 0 Å². The molecule has 5 nitrogen and oxygen atoms in total. The summed E-state index contributed by atoms with van der Waals surface area (Å²) >= 11 is 1.70. The van der Waals surface area contributed by atoms with Gasteiger partial charge in [0.1, 0.15) is 0 Å². The van der Waals surface area contributed by atoms with Gasteiger partial charge in [0.15, 0.2) is 0 Å². The highest BCUT2D eigenvalue weighted by Crippen LogP contribution is 2.18. The Balaban J connectivity index is 1.41. The van der Waals surface area contributed by atoms with Crippen LogP contribution in [0.3, 0.4) is 0 Å². The van der Waals surface area contributed by atoms with Gasteiger partial charge in [0.05, 0.1) is 13.1 Å². The van der Waals surface area contributed by atoms with Crippen LogP contribution < -0.4 is 5.32 Å². The van der Waals surface area contributed by atoms with E-state index < -0.39 is 0 Å². The van der Waals surface area contributed by atoms with Crippen molar-refractivity contribution < 1.29 is 4.79 Å². The average molecular weight is 318 g/mol. The SMILES string of the molecule is O=C(CN1CCCC1Cn1cccn1)NCCc1ccsc1. The monoisotopic (exact) mass is 318 g/mol. The minimum atomic E-state index is 0.127. The summed E-state index contributed by atoms with van der Waals surface area (Å²) in [5, 5.41) is 11.5. The number of thiophene rings is 1. The minimum absolute atomic E-state index is 0.127. The van der Waals surface area contributed by atoms with Gasteiger partial charge in [-0.15, -0.1) is 0 Å². The van der Waals surface area contributed by atoms with Crippen molar-refractivity contribution in [2.24, 2.45) is 0 Å². The van der Waals surface area contributed by atoms with Crippen LogP contribution in [0.4, 0.5) is 0 Å². The number of likely N-dealkylation sites (tertiary alicyclic amines) is 1. The van der Waals surface area contributed by atoms with Gasteiger partial charge in [-0.05, 0) is 54.3 Å². The number of amides is 1. The molecule has 1 unspecified atom stereocenters. The molecular weight excluding hydrogens is 296 g/mol. The van der Waals surface area contributed by atoms with Crippen LogP contribution >= 0.6 is 11.3 Å². The lowest BCUT2D eigenvalue weighted by molar-refractivity contribution is -0.122. The highest BCUT2D eigenvalue weighted by Gasteiger charge is 2.26. The van der Waals surface area contributed by atoms with Crippen LogP contribution in [0.1, 0.15) is 18.4 Å². The number of aromatic nitrogens is 2. The van der Waals surface area contributed by atoms with Gasteiger partial charge < -0.3 is 5.32 Å². The van der Waals surface area contributed by atoms with Gasteiger partial charge >= 0.3 is 0 Å². The Kier molecular flexibility index (Phi) is 5.24. The third kappa shape index (κ3) is 4.18. The van der Waals surface area contributed by atoms with Crippen LogP contribution in [-0.2, 0) is 17.8 Å². The molecule has 1 N–H and O–H groups in total. The number of hydrogen-bond donors (Lipinski definition) is 1. The number of nitrogens with zero attached hydrogens (tertiary/aromatic N) is 3. The summed E-state index contributed by atoms with van der Waals surface area (Å²) in [5.74, 6) is 0.127. The first kappa shape index (κ1) is 15.2. The van der Waals surface area contributed by atoms with E-state index in [0.29, 0.717) is 19.1 Å². The quantitative estimate of drug-likeness (QED) is 0.846. The molecular formula is C16H22N4OS. The Bertz CT molecular complexity index is 567. The standard InChI is InChI=1S/C16H22N4OS/c21-16(17-7-4-14-5-10-22-13-14)12-19-8-1-3-15(19)11-20-9-2-6-18-20/h2,5-6,9-10,13,15H,1,3-4,7-8,11-12H2,(H,17,21). The van der Waals surface area contributed by atoms with Crippen molar-refractivity contribution in [3.05, 3.63) is 40.8 Å². The fourth-order valence-corrected chi connectivity index (χ4v) is 3.66. The predicted molar refractivity (Wildman–Crippen MR) is 87.9 cm³/mol. The molecule has 6 heteroatoms. The number of nitrogens with one attached hydrogen (secondary N) is 1. The largest absolute Gasteiger partial charge is 0.355 e. The van der Waals surface area contributed by atoms with Crippen molar-refractivity contribution in [1.82, 2.24) is 20.0 Å². The molecule has 118 valence electrons. The third-order valence-electron chi connectivity index (χ3n) is 4.12. The summed E-state index contributed by atoms with van der Waals surface area (Å²) in [4.78, 5) is 14.4. The lowest BCUT2D eigenvalue weighted by Crippen LogP contribution is -2.41. The van der Waals surface area contributed by atoms with E-state index in [4.69, 9.17) is 0 Å². The highest BCUT2D eigenvalue weighted by atomic mass is 32.1. The zero-order chi connectivity index (χ0) is 15.2. The number of carbonyl (C=O) groups excluding carboxylic acids is 1. The molecule has 0 aliphatic carbocycles. The Hall–Kier alpha value is -1.66. The summed E-state index contributed by atoms with van der Waals surface area (Å²) in [6, 6.07) is 4.47. The second kappa shape index (κ2) is 7.56. The van der Waals surface area contributed by atoms with Crippen molar-refractivity contribution in [3.8, 4) is 0 Å². The average Bonchev–Trinajstić information content (AvgIpc) is 3.23. The second-order valence-corrected chi connectivity index (χ2v) is 6.51. The van der Waals surface area contributed by atoms with Gasteiger partial charge in [-0.3, -0.25) is 14.4 Å². The van der Waals surface area contributed by atoms with E-state index in [-0.39, 0.29) is 5.91 Å². The topological polar surface area (TPSA) is 50.2 Å². The normalized spacial score (nSPS) is 18.6. The maximum atomic E-state index is 12.1. The Labute approximate surface area is 134 Å². The van der Waals surface area contributed by atoms with Crippen molar-refractivity contribution in [3.63, 3.8) is 0 Å².